The number of ether oxygens (including phenoxy) is 1. The summed E-state index contributed by atoms with van der Waals surface area (Å²) < 4.78 is 5.10. The fourth-order valence-electron chi connectivity index (χ4n) is 1.43. The van der Waals surface area contributed by atoms with Gasteiger partial charge in [0.1, 0.15) is 5.75 Å². The minimum absolute atomic E-state index is 0.115. The van der Waals surface area contributed by atoms with E-state index in [9.17, 15) is 4.79 Å². The number of methoxy groups -OCH3 is 1. The zero-order valence-corrected chi connectivity index (χ0v) is 11.4. The number of amides is 1. The Morgan fingerprint density at radius 2 is 2.00 bits per heavy atom. The van der Waals surface area contributed by atoms with Gasteiger partial charge in [0.05, 0.1) is 12.7 Å². The Morgan fingerprint density at radius 3 is 2.68 bits per heavy atom. The van der Waals surface area contributed by atoms with Gasteiger partial charge in [-0.1, -0.05) is 23.2 Å². The quantitative estimate of drug-likeness (QED) is 0.946. The summed E-state index contributed by atoms with van der Waals surface area (Å²) >= 11 is 11.6. The summed E-state index contributed by atoms with van der Waals surface area (Å²) in [6.45, 7) is 0. The number of carbonyl (C=O) groups is 1. The first-order valence-corrected chi connectivity index (χ1v) is 5.99. The zero-order chi connectivity index (χ0) is 13.8. The molecule has 2 rings (SSSR count). The maximum absolute atomic E-state index is 12.1. The number of benzene rings is 1. The van der Waals surface area contributed by atoms with Crippen LogP contribution in [0.15, 0.2) is 30.6 Å². The molecule has 1 aromatic carbocycles. The van der Waals surface area contributed by atoms with E-state index in [1.165, 1.54) is 19.5 Å². The molecule has 0 bridgehead atoms. The molecule has 0 atom stereocenters. The molecule has 5 nitrogen and oxygen atoms in total. The molecule has 0 aliphatic rings. The summed E-state index contributed by atoms with van der Waals surface area (Å²) in [5.41, 5.74) is 0.327. The summed E-state index contributed by atoms with van der Waals surface area (Å²) in [5, 5.41) is 3.15. The molecule has 1 amide bonds. The standard InChI is InChI=1S/C12H9Cl2N3O2/c1-19-9-6-7(13)2-3-8(9)12(18)17-11-10(14)15-4-5-16-11/h2-6H,1H3,(H,16,17,18). The van der Waals surface area contributed by atoms with Crippen molar-refractivity contribution in [3.05, 3.63) is 46.3 Å². The van der Waals surface area contributed by atoms with Gasteiger partial charge in [0.2, 0.25) is 0 Å². The molecule has 1 heterocycles. The van der Waals surface area contributed by atoms with Crippen molar-refractivity contribution in [2.75, 3.05) is 12.4 Å². The molecule has 0 saturated carbocycles. The van der Waals surface area contributed by atoms with Gasteiger partial charge < -0.3 is 10.1 Å². The number of carbonyl (C=O) groups excluding carboxylic acids is 1. The van der Waals surface area contributed by atoms with Crippen molar-refractivity contribution in [3.8, 4) is 5.75 Å². The van der Waals surface area contributed by atoms with Crippen molar-refractivity contribution >= 4 is 34.9 Å². The van der Waals surface area contributed by atoms with Crippen LogP contribution in [0.3, 0.4) is 0 Å². The first-order valence-electron chi connectivity index (χ1n) is 5.23. The molecule has 0 spiro atoms. The van der Waals surface area contributed by atoms with Crippen molar-refractivity contribution in [3.63, 3.8) is 0 Å². The van der Waals surface area contributed by atoms with Crippen LogP contribution in [0.25, 0.3) is 0 Å². The zero-order valence-electron chi connectivity index (χ0n) is 9.85. The summed E-state index contributed by atoms with van der Waals surface area (Å²) in [5.74, 6) is 0.145. The van der Waals surface area contributed by atoms with Crippen molar-refractivity contribution < 1.29 is 9.53 Å². The van der Waals surface area contributed by atoms with Crippen LogP contribution in [0.2, 0.25) is 10.2 Å². The van der Waals surface area contributed by atoms with E-state index in [-0.39, 0.29) is 11.0 Å². The van der Waals surface area contributed by atoms with Crippen LogP contribution in [0.1, 0.15) is 10.4 Å². The van der Waals surface area contributed by atoms with Crippen molar-refractivity contribution in [2.45, 2.75) is 0 Å². The number of hydrogen-bond donors (Lipinski definition) is 1. The van der Waals surface area contributed by atoms with Crippen LogP contribution in [0.4, 0.5) is 5.82 Å². The molecule has 0 fully saturated rings. The summed E-state index contributed by atoms with van der Waals surface area (Å²) in [4.78, 5) is 19.8. The molecule has 1 N–H and O–H groups in total. The van der Waals surface area contributed by atoms with E-state index >= 15 is 0 Å². The maximum Gasteiger partial charge on any atom is 0.260 e. The molecule has 0 radical (unpaired) electrons. The van der Waals surface area contributed by atoms with Gasteiger partial charge in [-0.25, -0.2) is 9.97 Å². The fraction of sp³-hybridized carbons (Fsp3) is 0.0833. The smallest absolute Gasteiger partial charge is 0.260 e. The predicted molar refractivity (Wildman–Crippen MR) is 73.0 cm³/mol. The highest BCUT2D eigenvalue weighted by Gasteiger charge is 2.14. The predicted octanol–water partition coefficient (Wildman–Crippen LogP) is 3.04. The number of hydrogen-bond acceptors (Lipinski definition) is 4. The Bertz CT molecular complexity index is 620. The monoisotopic (exact) mass is 297 g/mol. The first kappa shape index (κ1) is 13.6. The van der Waals surface area contributed by atoms with Gasteiger partial charge in [-0.05, 0) is 18.2 Å². The minimum atomic E-state index is -0.407. The van der Waals surface area contributed by atoms with Crippen LogP contribution in [0.5, 0.6) is 5.75 Å². The van der Waals surface area contributed by atoms with Gasteiger partial charge in [-0.3, -0.25) is 4.79 Å². The first-order chi connectivity index (χ1) is 9.11. The third-order valence-electron chi connectivity index (χ3n) is 2.29. The second-order valence-corrected chi connectivity index (χ2v) is 4.29. The van der Waals surface area contributed by atoms with E-state index in [2.05, 4.69) is 15.3 Å². The molecular formula is C12H9Cl2N3O2. The van der Waals surface area contributed by atoms with Crippen LogP contribution in [-0.2, 0) is 0 Å². The second-order valence-electron chi connectivity index (χ2n) is 3.49. The lowest BCUT2D eigenvalue weighted by Gasteiger charge is -2.09. The Balaban J connectivity index is 2.28. The van der Waals surface area contributed by atoms with Gasteiger partial charge >= 0.3 is 0 Å². The normalized spacial score (nSPS) is 10.1. The largest absolute Gasteiger partial charge is 0.496 e. The topological polar surface area (TPSA) is 64.1 Å². The minimum Gasteiger partial charge on any atom is -0.496 e. The molecule has 0 aliphatic heterocycles. The molecule has 0 unspecified atom stereocenters. The molecule has 0 aliphatic carbocycles. The third-order valence-corrected chi connectivity index (χ3v) is 2.81. The molecule has 0 saturated heterocycles. The molecular weight excluding hydrogens is 289 g/mol. The van der Waals surface area contributed by atoms with Gasteiger partial charge in [0, 0.05) is 17.4 Å². The Morgan fingerprint density at radius 1 is 1.26 bits per heavy atom. The van der Waals surface area contributed by atoms with Gasteiger partial charge in [-0.15, -0.1) is 0 Å². The van der Waals surface area contributed by atoms with E-state index in [4.69, 9.17) is 27.9 Å². The Labute approximate surface area is 119 Å². The number of rotatable bonds is 3. The van der Waals surface area contributed by atoms with Crippen LogP contribution in [0, 0.1) is 0 Å². The fourth-order valence-corrected chi connectivity index (χ4v) is 1.75. The molecule has 2 aromatic rings. The number of nitrogens with zero attached hydrogens (tertiary/aromatic N) is 2. The average molecular weight is 298 g/mol. The van der Waals surface area contributed by atoms with E-state index in [1.807, 2.05) is 0 Å². The highest BCUT2D eigenvalue weighted by Crippen LogP contribution is 2.24. The van der Waals surface area contributed by atoms with E-state index in [0.717, 1.165) is 0 Å². The lowest BCUT2D eigenvalue weighted by molar-refractivity contribution is 0.102. The van der Waals surface area contributed by atoms with Gasteiger partial charge in [0.15, 0.2) is 11.0 Å². The van der Waals surface area contributed by atoms with Gasteiger partial charge in [-0.2, -0.15) is 0 Å². The second kappa shape index (κ2) is 5.86. The van der Waals surface area contributed by atoms with Crippen molar-refractivity contribution in [1.82, 2.24) is 9.97 Å². The average Bonchev–Trinajstić information content (AvgIpc) is 2.41. The molecule has 1 aromatic heterocycles. The SMILES string of the molecule is COc1cc(Cl)ccc1C(=O)Nc1nccnc1Cl. The van der Waals surface area contributed by atoms with Crippen LogP contribution < -0.4 is 10.1 Å². The van der Waals surface area contributed by atoms with Crippen molar-refractivity contribution in [2.24, 2.45) is 0 Å². The summed E-state index contributed by atoms with van der Waals surface area (Å²) in [6, 6.07) is 4.70. The molecule has 98 valence electrons. The van der Waals surface area contributed by atoms with Crippen LogP contribution >= 0.6 is 23.2 Å². The number of aromatic nitrogens is 2. The third kappa shape index (κ3) is 3.13. The van der Waals surface area contributed by atoms with E-state index in [0.29, 0.717) is 16.3 Å². The highest BCUT2D eigenvalue weighted by molar-refractivity contribution is 6.32. The van der Waals surface area contributed by atoms with Crippen molar-refractivity contribution in [1.29, 1.82) is 0 Å². The van der Waals surface area contributed by atoms with Crippen LogP contribution in [-0.4, -0.2) is 23.0 Å². The number of halogens is 2. The molecule has 19 heavy (non-hydrogen) atoms. The lowest BCUT2D eigenvalue weighted by atomic mass is 10.2. The Hall–Kier alpha value is -1.85. The Kier molecular flexibility index (Phi) is 4.19. The van der Waals surface area contributed by atoms with E-state index in [1.54, 1.807) is 18.2 Å². The maximum atomic E-state index is 12.1. The number of anilines is 1. The summed E-state index contributed by atoms with van der Waals surface area (Å²) in [6.07, 6.45) is 2.86. The number of nitrogens with one attached hydrogen (secondary N) is 1. The van der Waals surface area contributed by atoms with Gasteiger partial charge in [0.25, 0.3) is 5.91 Å². The molecule has 7 heteroatoms. The van der Waals surface area contributed by atoms with E-state index < -0.39 is 5.91 Å². The summed E-state index contributed by atoms with van der Waals surface area (Å²) in [7, 11) is 1.46. The lowest BCUT2D eigenvalue weighted by Crippen LogP contribution is -2.14. The highest BCUT2D eigenvalue weighted by atomic mass is 35.5.